The monoisotopic (exact) mass is 178 g/mol. The molecule has 0 aromatic rings. The molecule has 4 unspecified atom stereocenters. The minimum absolute atomic E-state index is 0.717. The summed E-state index contributed by atoms with van der Waals surface area (Å²) in [4.78, 5) is 0. The fourth-order valence-electron chi connectivity index (χ4n) is 1.17. The van der Waals surface area contributed by atoms with Crippen LogP contribution in [0.3, 0.4) is 0 Å². The quantitative estimate of drug-likeness (QED) is 0.351. The molecule has 12 heavy (non-hydrogen) atoms. The molecule has 1 aliphatic heterocycles. The second-order valence-electron chi connectivity index (χ2n) is 3.33. The van der Waals surface area contributed by atoms with E-state index in [1.165, 1.54) is 13.8 Å². The van der Waals surface area contributed by atoms with Crippen molar-refractivity contribution >= 4 is 0 Å². The molecule has 1 heterocycles. The average molecular weight is 178 g/mol. The summed E-state index contributed by atoms with van der Waals surface area (Å²) in [6.07, 6.45) is -5.01. The first-order valence-electron chi connectivity index (χ1n) is 3.79. The number of ether oxygens (including phenoxy) is 1. The summed E-state index contributed by atoms with van der Waals surface area (Å²) in [5.74, 6) is 0. The molecular formula is C7H14O5. The highest BCUT2D eigenvalue weighted by atomic mass is 16.6. The largest absolute Gasteiger partial charge is 0.387 e. The molecule has 5 atom stereocenters. The van der Waals surface area contributed by atoms with E-state index in [2.05, 4.69) is 0 Å². The Bertz CT molecular complexity index is 169. The van der Waals surface area contributed by atoms with Crippen LogP contribution < -0.4 is 0 Å². The predicted molar refractivity (Wildman–Crippen MR) is 39.2 cm³/mol. The number of aliphatic hydroxyl groups is 4. The molecule has 1 saturated heterocycles. The Labute approximate surface area is 70.2 Å². The van der Waals surface area contributed by atoms with Crippen LogP contribution in [0.25, 0.3) is 0 Å². The second kappa shape index (κ2) is 2.93. The average Bonchev–Trinajstić information content (AvgIpc) is 1.99. The molecule has 0 spiro atoms. The standard InChI is InChI=1S/C7H14O5/c1-3-7(2,11)5(9)4(8)6(10)12-3/h3-6,8-11H,1-2H3/t3?,4?,5?,6?,7-/m0/s1. The molecule has 0 saturated carbocycles. The van der Waals surface area contributed by atoms with Gasteiger partial charge >= 0.3 is 0 Å². The van der Waals surface area contributed by atoms with Crippen molar-refractivity contribution in [1.29, 1.82) is 0 Å². The van der Waals surface area contributed by atoms with Crippen molar-refractivity contribution in [1.82, 2.24) is 0 Å². The summed E-state index contributed by atoms with van der Waals surface area (Å²) in [6.45, 7) is 2.86. The third kappa shape index (κ3) is 1.34. The lowest BCUT2D eigenvalue weighted by molar-refractivity contribution is -0.307. The van der Waals surface area contributed by atoms with Crippen molar-refractivity contribution in [2.45, 2.75) is 44.1 Å². The highest BCUT2D eigenvalue weighted by Gasteiger charge is 2.49. The summed E-state index contributed by atoms with van der Waals surface area (Å²) in [7, 11) is 0. The van der Waals surface area contributed by atoms with Crippen molar-refractivity contribution in [3.05, 3.63) is 0 Å². The van der Waals surface area contributed by atoms with E-state index in [0.29, 0.717) is 0 Å². The van der Waals surface area contributed by atoms with E-state index in [4.69, 9.17) is 14.9 Å². The zero-order chi connectivity index (χ0) is 9.52. The van der Waals surface area contributed by atoms with E-state index in [-0.39, 0.29) is 0 Å². The van der Waals surface area contributed by atoms with E-state index in [1.807, 2.05) is 0 Å². The molecule has 0 aliphatic carbocycles. The van der Waals surface area contributed by atoms with Crippen molar-refractivity contribution in [3.8, 4) is 0 Å². The van der Waals surface area contributed by atoms with Crippen LogP contribution in [0.2, 0.25) is 0 Å². The van der Waals surface area contributed by atoms with Gasteiger partial charge < -0.3 is 25.2 Å². The van der Waals surface area contributed by atoms with Crippen LogP contribution in [-0.4, -0.2) is 50.6 Å². The van der Waals surface area contributed by atoms with Crippen molar-refractivity contribution in [3.63, 3.8) is 0 Å². The van der Waals surface area contributed by atoms with Gasteiger partial charge in [-0.3, -0.25) is 0 Å². The van der Waals surface area contributed by atoms with Gasteiger partial charge in [-0.05, 0) is 13.8 Å². The van der Waals surface area contributed by atoms with Gasteiger partial charge in [0.15, 0.2) is 6.29 Å². The van der Waals surface area contributed by atoms with Crippen molar-refractivity contribution in [2.24, 2.45) is 0 Å². The molecule has 0 bridgehead atoms. The SMILES string of the molecule is CC1OC(O)C(O)C(O)[C@@]1(C)O. The van der Waals surface area contributed by atoms with E-state index >= 15 is 0 Å². The Balaban J connectivity index is 2.80. The maximum Gasteiger partial charge on any atom is 0.183 e. The number of hydrogen-bond donors (Lipinski definition) is 4. The molecule has 0 radical (unpaired) electrons. The van der Waals surface area contributed by atoms with Crippen LogP contribution in [0.15, 0.2) is 0 Å². The summed E-state index contributed by atoms with van der Waals surface area (Å²) in [6, 6.07) is 0. The Morgan fingerprint density at radius 2 is 1.75 bits per heavy atom. The third-order valence-electron chi connectivity index (χ3n) is 2.38. The summed E-state index contributed by atoms with van der Waals surface area (Å²) >= 11 is 0. The molecule has 4 N–H and O–H groups in total. The second-order valence-corrected chi connectivity index (χ2v) is 3.33. The Hall–Kier alpha value is -0.200. The van der Waals surface area contributed by atoms with Gasteiger partial charge in [0.25, 0.3) is 0 Å². The lowest BCUT2D eigenvalue weighted by Crippen LogP contribution is -2.63. The van der Waals surface area contributed by atoms with Gasteiger partial charge in [0.2, 0.25) is 0 Å². The summed E-state index contributed by atoms with van der Waals surface area (Å²) in [5.41, 5.74) is -1.53. The first-order chi connectivity index (χ1) is 5.37. The zero-order valence-electron chi connectivity index (χ0n) is 7.01. The molecule has 1 rings (SSSR count). The van der Waals surface area contributed by atoms with Crippen molar-refractivity contribution < 1.29 is 25.2 Å². The van der Waals surface area contributed by atoms with Crippen molar-refractivity contribution in [2.75, 3.05) is 0 Å². The third-order valence-corrected chi connectivity index (χ3v) is 2.38. The predicted octanol–water partition coefficient (Wildman–Crippen LogP) is -1.80. The molecule has 5 heteroatoms. The molecule has 72 valence electrons. The van der Waals surface area contributed by atoms with Crippen LogP contribution >= 0.6 is 0 Å². The molecular weight excluding hydrogens is 164 g/mol. The maximum atomic E-state index is 9.55. The number of aliphatic hydroxyl groups excluding tert-OH is 3. The highest BCUT2D eigenvalue weighted by molar-refractivity contribution is 4.96. The van der Waals surface area contributed by atoms with Gasteiger partial charge in [-0.15, -0.1) is 0 Å². The highest BCUT2D eigenvalue weighted by Crippen LogP contribution is 2.28. The maximum absolute atomic E-state index is 9.55. The van der Waals surface area contributed by atoms with Gasteiger partial charge in [-0.25, -0.2) is 0 Å². The number of rotatable bonds is 0. The van der Waals surface area contributed by atoms with Crippen LogP contribution in [0, 0.1) is 0 Å². The van der Waals surface area contributed by atoms with E-state index in [0.717, 1.165) is 0 Å². The smallest absolute Gasteiger partial charge is 0.183 e. The van der Waals surface area contributed by atoms with E-state index < -0.39 is 30.2 Å². The molecule has 0 aromatic carbocycles. The normalized spacial score (nSPS) is 55.5. The van der Waals surface area contributed by atoms with Gasteiger partial charge in [-0.2, -0.15) is 0 Å². The zero-order valence-corrected chi connectivity index (χ0v) is 7.01. The van der Waals surface area contributed by atoms with Gasteiger partial charge in [0.05, 0.1) is 6.10 Å². The van der Waals surface area contributed by atoms with Crippen LogP contribution in [0.1, 0.15) is 13.8 Å². The van der Waals surface area contributed by atoms with Gasteiger partial charge in [0, 0.05) is 0 Å². The first-order valence-corrected chi connectivity index (χ1v) is 3.79. The van der Waals surface area contributed by atoms with Crippen LogP contribution in [0.5, 0.6) is 0 Å². The fraction of sp³-hybridized carbons (Fsp3) is 1.00. The fourth-order valence-corrected chi connectivity index (χ4v) is 1.17. The lowest BCUT2D eigenvalue weighted by atomic mass is 9.87. The number of hydrogen-bond acceptors (Lipinski definition) is 5. The van der Waals surface area contributed by atoms with E-state index in [9.17, 15) is 10.2 Å². The summed E-state index contributed by atoms with van der Waals surface area (Å²) < 4.78 is 4.78. The lowest BCUT2D eigenvalue weighted by Gasteiger charge is -2.43. The van der Waals surface area contributed by atoms with Gasteiger partial charge in [0.1, 0.15) is 17.8 Å². The van der Waals surface area contributed by atoms with Gasteiger partial charge in [-0.1, -0.05) is 0 Å². The molecule has 1 fully saturated rings. The molecule has 0 aromatic heterocycles. The topological polar surface area (TPSA) is 90.2 Å². The summed E-state index contributed by atoms with van der Waals surface area (Å²) in [5, 5.41) is 37.0. The Kier molecular flexibility index (Phi) is 2.42. The minimum Gasteiger partial charge on any atom is -0.387 e. The first kappa shape index (κ1) is 9.88. The molecule has 1 aliphatic rings. The Morgan fingerprint density at radius 3 is 2.25 bits per heavy atom. The minimum atomic E-state index is -1.53. The van der Waals surface area contributed by atoms with Crippen LogP contribution in [-0.2, 0) is 4.74 Å². The molecule has 5 nitrogen and oxygen atoms in total. The molecule has 0 amide bonds. The van der Waals surface area contributed by atoms with Crippen LogP contribution in [0.4, 0.5) is 0 Å². The van der Waals surface area contributed by atoms with E-state index in [1.54, 1.807) is 0 Å². The Morgan fingerprint density at radius 1 is 1.25 bits per heavy atom.